The van der Waals surface area contributed by atoms with Crippen molar-refractivity contribution in [2.45, 2.75) is 39.5 Å². The van der Waals surface area contributed by atoms with Crippen molar-refractivity contribution in [1.29, 1.82) is 0 Å². The van der Waals surface area contributed by atoms with Crippen LogP contribution in [0.1, 0.15) is 42.4 Å². The van der Waals surface area contributed by atoms with Gasteiger partial charge in [-0.25, -0.2) is 14.8 Å². The van der Waals surface area contributed by atoms with Crippen LogP contribution in [0.5, 0.6) is 0 Å². The van der Waals surface area contributed by atoms with Gasteiger partial charge in [-0.2, -0.15) is 18.3 Å². The molecule has 0 radical (unpaired) electrons. The van der Waals surface area contributed by atoms with E-state index in [-0.39, 0.29) is 17.2 Å². The van der Waals surface area contributed by atoms with Crippen LogP contribution in [0.25, 0.3) is 16.9 Å². The number of carbonyl (C=O) groups is 2. The Hall–Kier alpha value is -4.62. The number of hydrogen-bond acceptors (Lipinski definition) is 7. The normalized spacial score (nSPS) is 14.4. The number of imidazole rings is 1. The van der Waals surface area contributed by atoms with Gasteiger partial charge >= 0.3 is 12.3 Å². The smallest absolute Gasteiger partial charge is 0.433 e. The number of ether oxygens (including phenoxy) is 1. The van der Waals surface area contributed by atoms with Crippen molar-refractivity contribution in [1.82, 2.24) is 34.4 Å². The fourth-order valence-corrected chi connectivity index (χ4v) is 4.61. The lowest BCUT2D eigenvalue weighted by Crippen LogP contribution is -2.51. The van der Waals surface area contributed by atoms with Gasteiger partial charge in [0.05, 0.1) is 23.7 Å². The molecule has 1 aromatic carbocycles. The molecule has 5 rings (SSSR count). The molecule has 1 aliphatic heterocycles. The molecule has 2 N–H and O–H groups in total. The second-order valence-corrected chi connectivity index (χ2v) is 10.7. The van der Waals surface area contributed by atoms with E-state index in [9.17, 15) is 22.8 Å². The molecule has 14 heteroatoms. The minimum atomic E-state index is -4.60. The van der Waals surface area contributed by atoms with Crippen LogP contribution in [0.15, 0.2) is 43.0 Å². The highest BCUT2D eigenvalue weighted by atomic mass is 19.4. The maximum absolute atomic E-state index is 13.4. The molecular weight excluding hydrogens is 541 g/mol. The van der Waals surface area contributed by atoms with Crippen LogP contribution >= 0.6 is 0 Å². The summed E-state index contributed by atoms with van der Waals surface area (Å²) in [5.74, 6) is 0.184. The van der Waals surface area contributed by atoms with E-state index >= 15 is 0 Å². The van der Waals surface area contributed by atoms with Crippen LogP contribution in [0.3, 0.4) is 0 Å². The third kappa shape index (κ3) is 5.81. The number of nitrogens with zero attached hydrogens (tertiary/aromatic N) is 6. The van der Waals surface area contributed by atoms with Crippen LogP contribution in [0.2, 0.25) is 0 Å². The molecule has 0 unspecified atom stereocenters. The molecule has 0 saturated carbocycles. The number of aromatic nitrogens is 5. The fraction of sp³-hybridized carbons (Fsp3) is 0.370. The van der Waals surface area contributed by atoms with Crippen LogP contribution in [0.4, 0.5) is 29.5 Å². The highest BCUT2D eigenvalue weighted by Gasteiger charge is 2.37. The average molecular weight is 571 g/mol. The summed E-state index contributed by atoms with van der Waals surface area (Å²) in [7, 11) is 0. The number of H-pyrrole nitrogens is 1. The van der Waals surface area contributed by atoms with Crippen molar-refractivity contribution in [2.24, 2.45) is 0 Å². The number of carbonyl (C=O) groups excluding carboxylic acids is 2. The number of piperazine rings is 1. The number of aromatic amines is 1. The Morgan fingerprint density at radius 1 is 1.02 bits per heavy atom. The summed E-state index contributed by atoms with van der Waals surface area (Å²) < 4.78 is 47.2. The van der Waals surface area contributed by atoms with Gasteiger partial charge < -0.3 is 19.9 Å². The molecule has 216 valence electrons. The third-order valence-corrected chi connectivity index (χ3v) is 6.56. The summed E-state index contributed by atoms with van der Waals surface area (Å²) in [6.45, 7) is 8.77. The molecule has 1 fully saturated rings. The van der Waals surface area contributed by atoms with E-state index < -0.39 is 23.6 Å². The number of nitrogens with one attached hydrogen (secondary N) is 2. The van der Waals surface area contributed by atoms with E-state index in [1.54, 1.807) is 28.0 Å². The monoisotopic (exact) mass is 570 g/mol. The molecule has 0 spiro atoms. The van der Waals surface area contributed by atoms with Crippen molar-refractivity contribution in [3.05, 3.63) is 59.8 Å². The Bertz CT molecular complexity index is 1600. The van der Waals surface area contributed by atoms with E-state index in [0.29, 0.717) is 48.9 Å². The molecule has 1 saturated heterocycles. The van der Waals surface area contributed by atoms with Gasteiger partial charge in [0.2, 0.25) is 0 Å². The number of rotatable bonds is 4. The number of benzene rings is 1. The molecule has 41 heavy (non-hydrogen) atoms. The molecule has 4 heterocycles. The van der Waals surface area contributed by atoms with Gasteiger partial charge in [-0.3, -0.25) is 14.3 Å². The second-order valence-electron chi connectivity index (χ2n) is 10.7. The first-order chi connectivity index (χ1) is 19.3. The first-order valence-corrected chi connectivity index (χ1v) is 12.9. The third-order valence-electron chi connectivity index (χ3n) is 6.56. The van der Waals surface area contributed by atoms with Crippen molar-refractivity contribution in [3.63, 3.8) is 0 Å². The van der Waals surface area contributed by atoms with Gasteiger partial charge in [-0.15, -0.1) is 0 Å². The second kappa shape index (κ2) is 10.4. The molecular formula is C27H29F3N8O3. The zero-order valence-corrected chi connectivity index (χ0v) is 22.9. The molecule has 0 aliphatic carbocycles. The van der Waals surface area contributed by atoms with E-state index in [2.05, 4.69) is 20.4 Å². The molecule has 0 atom stereocenters. The van der Waals surface area contributed by atoms with Crippen molar-refractivity contribution in [3.8, 4) is 11.3 Å². The molecule has 3 aromatic heterocycles. The van der Waals surface area contributed by atoms with Gasteiger partial charge in [-0.05, 0) is 51.5 Å². The topological polar surface area (TPSA) is 121 Å². The van der Waals surface area contributed by atoms with Gasteiger partial charge in [-0.1, -0.05) is 0 Å². The van der Waals surface area contributed by atoms with Crippen LogP contribution in [-0.4, -0.2) is 78.1 Å². The highest BCUT2D eigenvalue weighted by Crippen LogP contribution is 2.36. The van der Waals surface area contributed by atoms with E-state index in [1.165, 1.54) is 23.0 Å². The Labute approximate surface area is 233 Å². The zero-order chi connectivity index (χ0) is 29.5. The Balaban J connectivity index is 1.30. The van der Waals surface area contributed by atoms with Crippen molar-refractivity contribution < 1.29 is 27.5 Å². The van der Waals surface area contributed by atoms with Gasteiger partial charge in [0.1, 0.15) is 11.3 Å². The highest BCUT2D eigenvalue weighted by molar-refractivity contribution is 5.96. The summed E-state index contributed by atoms with van der Waals surface area (Å²) in [5, 5.41) is 8.72. The lowest BCUT2D eigenvalue weighted by Gasteiger charge is -2.35. The van der Waals surface area contributed by atoms with Crippen molar-refractivity contribution >= 4 is 29.2 Å². The molecule has 0 bridgehead atoms. The average Bonchev–Trinajstić information content (AvgIpc) is 3.55. The summed E-state index contributed by atoms with van der Waals surface area (Å²) in [6, 6.07) is 5.22. The maximum atomic E-state index is 13.4. The van der Waals surface area contributed by atoms with Crippen LogP contribution in [-0.2, 0) is 10.9 Å². The summed E-state index contributed by atoms with van der Waals surface area (Å²) in [6.07, 6.45) is 0.414. The van der Waals surface area contributed by atoms with E-state index in [1.807, 2.05) is 32.8 Å². The lowest BCUT2D eigenvalue weighted by atomic mass is 10.1. The maximum Gasteiger partial charge on any atom is 0.433 e. The van der Waals surface area contributed by atoms with Crippen molar-refractivity contribution in [2.75, 3.05) is 31.5 Å². The molecule has 1 aliphatic rings. The Morgan fingerprint density at radius 3 is 2.39 bits per heavy atom. The molecule has 11 nitrogen and oxygen atoms in total. The number of anilines is 2. The number of amides is 2. The fourth-order valence-electron chi connectivity index (χ4n) is 4.61. The van der Waals surface area contributed by atoms with Gasteiger partial charge in [0.15, 0.2) is 11.5 Å². The first-order valence-electron chi connectivity index (χ1n) is 12.9. The summed E-state index contributed by atoms with van der Waals surface area (Å²) in [4.78, 5) is 37.5. The number of alkyl halides is 3. The van der Waals surface area contributed by atoms with Crippen LogP contribution < -0.4 is 5.32 Å². The molecule has 2 amide bonds. The van der Waals surface area contributed by atoms with E-state index in [4.69, 9.17) is 4.74 Å². The number of aryl methyl sites for hydroxylation is 1. The van der Waals surface area contributed by atoms with Crippen LogP contribution in [0, 0.1) is 6.92 Å². The van der Waals surface area contributed by atoms with Gasteiger partial charge in [0.25, 0.3) is 5.91 Å². The minimum absolute atomic E-state index is 0.132. The van der Waals surface area contributed by atoms with Gasteiger partial charge in [0, 0.05) is 49.8 Å². The minimum Gasteiger partial charge on any atom is -0.444 e. The Morgan fingerprint density at radius 2 is 1.73 bits per heavy atom. The quantitative estimate of drug-likeness (QED) is 0.359. The summed E-state index contributed by atoms with van der Waals surface area (Å²) >= 11 is 0. The predicted octanol–water partition coefficient (Wildman–Crippen LogP) is 4.88. The lowest BCUT2D eigenvalue weighted by molar-refractivity contribution is -0.140. The SMILES string of the molecule is Cc1cc(Nc2nccn3c(-c4cn[nH]c4C(F)(F)F)cnc23)ccc1C(=O)N1CCN(C(=O)OC(C)(C)C)CC1. The number of halogens is 3. The number of hydrogen-bond donors (Lipinski definition) is 2. The zero-order valence-electron chi connectivity index (χ0n) is 22.9. The largest absolute Gasteiger partial charge is 0.444 e. The molecule has 4 aromatic rings. The predicted molar refractivity (Wildman–Crippen MR) is 144 cm³/mol. The standard InChI is InChI=1S/C27H29F3N8O3/c1-16-13-17(5-6-18(16)24(39)36-9-11-37(12-10-36)25(40)41-26(2,3)4)34-22-23-32-15-20(38(23)8-7-31-22)19-14-33-35-21(19)27(28,29)30/h5-8,13-15H,9-12H2,1-4H3,(H,31,34)(H,33,35). The first kappa shape index (κ1) is 27.9. The number of fused-ring (bicyclic) bond motifs is 1. The Kier molecular flexibility index (Phi) is 7.09. The van der Waals surface area contributed by atoms with E-state index in [0.717, 1.165) is 11.8 Å². The summed E-state index contributed by atoms with van der Waals surface area (Å²) in [5.41, 5.74) is 0.703.